The van der Waals surface area contributed by atoms with Gasteiger partial charge in [-0.2, -0.15) is 5.10 Å². The monoisotopic (exact) mass is 273 g/mol. The van der Waals surface area contributed by atoms with E-state index in [2.05, 4.69) is 24.2 Å². The lowest BCUT2D eigenvalue weighted by atomic mass is 9.98. The van der Waals surface area contributed by atoms with Crippen LogP contribution in [0.3, 0.4) is 0 Å². The zero-order valence-electron chi connectivity index (χ0n) is 12.2. The molecular formula is C16H23N3O. The first kappa shape index (κ1) is 14.8. The van der Waals surface area contributed by atoms with Gasteiger partial charge in [0.25, 0.3) is 0 Å². The summed E-state index contributed by atoms with van der Waals surface area (Å²) in [5.41, 5.74) is 8.64. The first-order valence-electron chi connectivity index (χ1n) is 7.18. The maximum atomic E-state index is 6.36. The summed E-state index contributed by atoms with van der Waals surface area (Å²) < 4.78 is 7.76. The van der Waals surface area contributed by atoms with Gasteiger partial charge in [0, 0.05) is 25.4 Å². The second-order valence-electron chi connectivity index (χ2n) is 4.86. The van der Waals surface area contributed by atoms with E-state index < -0.39 is 0 Å². The standard InChI is InChI=1S/C16H23N3O/c1-3-19-12-13(11-18-19)10-15(17)16(20-4-2)14-8-6-5-7-9-14/h5-9,11-12,15-16H,3-4,10,17H2,1-2H3. The number of nitrogens with zero attached hydrogens (tertiary/aromatic N) is 2. The first-order valence-corrected chi connectivity index (χ1v) is 7.18. The van der Waals surface area contributed by atoms with Crippen molar-refractivity contribution in [2.45, 2.75) is 39.0 Å². The van der Waals surface area contributed by atoms with Crippen LogP contribution in [-0.2, 0) is 17.7 Å². The molecule has 0 spiro atoms. The van der Waals surface area contributed by atoms with Gasteiger partial charge in [-0.25, -0.2) is 0 Å². The highest BCUT2D eigenvalue weighted by Crippen LogP contribution is 2.22. The molecule has 0 fully saturated rings. The lowest BCUT2D eigenvalue weighted by molar-refractivity contribution is 0.0433. The molecule has 4 nitrogen and oxygen atoms in total. The summed E-state index contributed by atoms with van der Waals surface area (Å²) in [5, 5.41) is 4.29. The van der Waals surface area contributed by atoms with E-state index in [9.17, 15) is 0 Å². The van der Waals surface area contributed by atoms with Crippen molar-refractivity contribution in [2.75, 3.05) is 6.61 Å². The van der Waals surface area contributed by atoms with Gasteiger partial charge < -0.3 is 10.5 Å². The smallest absolute Gasteiger partial charge is 0.0978 e. The van der Waals surface area contributed by atoms with Gasteiger partial charge in [-0.15, -0.1) is 0 Å². The van der Waals surface area contributed by atoms with E-state index in [4.69, 9.17) is 10.5 Å². The third kappa shape index (κ3) is 3.68. The molecule has 108 valence electrons. The Bertz CT molecular complexity index is 509. The molecule has 1 aromatic heterocycles. The van der Waals surface area contributed by atoms with Crippen LogP contribution in [0.25, 0.3) is 0 Å². The van der Waals surface area contributed by atoms with Gasteiger partial charge in [0.05, 0.1) is 12.3 Å². The second kappa shape index (κ2) is 7.22. The third-order valence-electron chi connectivity index (χ3n) is 3.35. The van der Waals surface area contributed by atoms with Crippen LogP contribution in [0.4, 0.5) is 0 Å². The molecule has 0 bridgehead atoms. The number of nitrogens with two attached hydrogens (primary N) is 1. The van der Waals surface area contributed by atoms with E-state index in [0.717, 1.165) is 24.1 Å². The van der Waals surface area contributed by atoms with Gasteiger partial charge in [0.2, 0.25) is 0 Å². The third-order valence-corrected chi connectivity index (χ3v) is 3.35. The van der Waals surface area contributed by atoms with Crippen LogP contribution in [-0.4, -0.2) is 22.4 Å². The minimum atomic E-state index is -0.0776. The average molecular weight is 273 g/mol. The summed E-state index contributed by atoms with van der Waals surface area (Å²) in [6.07, 6.45) is 4.62. The zero-order valence-corrected chi connectivity index (χ0v) is 12.2. The largest absolute Gasteiger partial charge is 0.372 e. The molecule has 1 heterocycles. The fourth-order valence-corrected chi connectivity index (χ4v) is 2.35. The molecule has 0 aliphatic heterocycles. The van der Waals surface area contributed by atoms with E-state index in [-0.39, 0.29) is 12.1 Å². The summed E-state index contributed by atoms with van der Waals surface area (Å²) in [5.74, 6) is 0. The SMILES string of the molecule is CCOC(c1ccccc1)C(N)Cc1cnn(CC)c1. The number of hydrogen-bond donors (Lipinski definition) is 1. The molecule has 2 N–H and O–H groups in total. The molecule has 1 aromatic carbocycles. The van der Waals surface area contributed by atoms with Crippen LogP contribution < -0.4 is 5.73 Å². The number of hydrogen-bond acceptors (Lipinski definition) is 3. The van der Waals surface area contributed by atoms with E-state index in [1.54, 1.807) is 0 Å². The molecule has 4 heteroatoms. The fraction of sp³-hybridized carbons (Fsp3) is 0.438. The lowest BCUT2D eigenvalue weighted by Gasteiger charge is -2.24. The molecular weight excluding hydrogens is 250 g/mol. The predicted molar refractivity (Wildman–Crippen MR) is 80.4 cm³/mol. The molecule has 0 saturated carbocycles. The average Bonchev–Trinajstić information content (AvgIpc) is 2.93. The topological polar surface area (TPSA) is 53.1 Å². The van der Waals surface area contributed by atoms with Crippen molar-refractivity contribution >= 4 is 0 Å². The highest BCUT2D eigenvalue weighted by molar-refractivity contribution is 5.20. The van der Waals surface area contributed by atoms with Crippen molar-refractivity contribution in [3.8, 4) is 0 Å². The molecule has 2 aromatic rings. The Morgan fingerprint density at radius 2 is 2.00 bits per heavy atom. The molecule has 0 aliphatic carbocycles. The summed E-state index contributed by atoms with van der Waals surface area (Å²) >= 11 is 0. The Kier molecular flexibility index (Phi) is 5.32. The molecule has 0 aliphatic rings. The summed E-state index contributed by atoms with van der Waals surface area (Å²) in [4.78, 5) is 0. The molecule has 2 rings (SSSR count). The van der Waals surface area contributed by atoms with E-state index in [0.29, 0.717) is 6.61 Å². The Balaban J connectivity index is 2.08. The molecule has 2 unspecified atom stereocenters. The summed E-state index contributed by atoms with van der Waals surface area (Å²) in [6, 6.07) is 10.1. The van der Waals surface area contributed by atoms with Crippen LogP contribution in [0.1, 0.15) is 31.1 Å². The maximum absolute atomic E-state index is 6.36. The first-order chi connectivity index (χ1) is 9.74. The predicted octanol–water partition coefficient (Wildman–Crippen LogP) is 2.55. The molecule has 20 heavy (non-hydrogen) atoms. The zero-order chi connectivity index (χ0) is 14.4. The Hall–Kier alpha value is -1.65. The summed E-state index contributed by atoms with van der Waals surface area (Å²) in [6.45, 7) is 5.60. The Labute approximate surface area is 120 Å². The van der Waals surface area contributed by atoms with Gasteiger partial charge in [0.15, 0.2) is 0 Å². The number of ether oxygens (including phenoxy) is 1. The van der Waals surface area contributed by atoms with Crippen LogP contribution in [0.2, 0.25) is 0 Å². The van der Waals surface area contributed by atoms with Gasteiger partial charge in [0.1, 0.15) is 0 Å². The van der Waals surface area contributed by atoms with Gasteiger partial charge in [-0.1, -0.05) is 30.3 Å². The number of rotatable bonds is 7. The van der Waals surface area contributed by atoms with Gasteiger partial charge >= 0.3 is 0 Å². The molecule has 0 saturated heterocycles. The van der Waals surface area contributed by atoms with E-state index in [1.807, 2.05) is 42.2 Å². The molecule has 2 atom stereocenters. The van der Waals surface area contributed by atoms with Crippen LogP contribution in [0, 0.1) is 0 Å². The highest BCUT2D eigenvalue weighted by Gasteiger charge is 2.20. The summed E-state index contributed by atoms with van der Waals surface area (Å²) in [7, 11) is 0. The van der Waals surface area contributed by atoms with E-state index >= 15 is 0 Å². The number of benzene rings is 1. The number of aryl methyl sites for hydroxylation is 1. The lowest BCUT2D eigenvalue weighted by Crippen LogP contribution is -2.32. The fourth-order valence-electron chi connectivity index (χ4n) is 2.35. The van der Waals surface area contributed by atoms with Crippen molar-refractivity contribution in [3.05, 3.63) is 53.9 Å². The van der Waals surface area contributed by atoms with E-state index in [1.165, 1.54) is 0 Å². The Morgan fingerprint density at radius 1 is 1.25 bits per heavy atom. The molecule has 0 radical (unpaired) electrons. The van der Waals surface area contributed by atoms with Crippen molar-refractivity contribution < 1.29 is 4.74 Å². The van der Waals surface area contributed by atoms with Crippen molar-refractivity contribution in [3.63, 3.8) is 0 Å². The van der Waals surface area contributed by atoms with Gasteiger partial charge in [-0.05, 0) is 31.4 Å². The maximum Gasteiger partial charge on any atom is 0.0978 e. The normalized spacial score (nSPS) is 14.2. The number of aromatic nitrogens is 2. The second-order valence-corrected chi connectivity index (χ2v) is 4.86. The minimum Gasteiger partial charge on any atom is -0.372 e. The van der Waals surface area contributed by atoms with Crippen LogP contribution >= 0.6 is 0 Å². The van der Waals surface area contributed by atoms with Gasteiger partial charge in [-0.3, -0.25) is 4.68 Å². The van der Waals surface area contributed by atoms with Crippen LogP contribution in [0.5, 0.6) is 0 Å². The Morgan fingerprint density at radius 3 is 2.60 bits per heavy atom. The molecule has 0 amide bonds. The van der Waals surface area contributed by atoms with Crippen molar-refractivity contribution in [1.29, 1.82) is 0 Å². The van der Waals surface area contributed by atoms with Crippen LogP contribution in [0.15, 0.2) is 42.7 Å². The minimum absolute atomic E-state index is 0.0770. The van der Waals surface area contributed by atoms with Crippen molar-refractivity contribution in [2.24, 2.45) is 5.73 Å². The highest BCUT2D eigenvalue weighted by atomic mass is 16.5. The van der Waals surface area contributed by atoms with Crippen molar-refractivity contribution in [1.82, 2.24) is 9.78 Å². The quantitative estimate of drug-likeness (QED) is 0.843.